The Morgan fingerprint density at radius 1 is 1.61 bits per heavy atom. The lowest BCUT2D eigenvalue weighted by Crippen LogP contribution is -2.34. The van der Waals surface area contributed by atoms with Gasteiger partial charge in [-0.15, -0.1) is 0 Å². The minimum absolute atomic E-state index is 0.0350. The number of nitrogens with zero attached hydrogens (tertiary/aromatic N) is 1. The molecule has 18 heavy (non-hydrogen) atoms. The Morgan fingerprint density at radius 3 is 2.89 bits per heavy atom. The van der Waals surface area contributed by atoms with E-state index in [-0.39, 0.29) is 5.69 Å². The van der Waals surface area contributed by atoms with Crippen molar-refractivity contribution >= 4 is 17.7 Å². The Balaban J connectivity index is 1.82. The van der Waals surface area contributed by atoms with Crippen molar-refractivity contribution in [2.24, 2.45) is 0 Å². The number of carbonyl (C=O) groups is 1. The molecule has 0 amide bonds. The highest BCUT2D eigenvalue weighted by molar-refractivity contribution is 8.00. The van der Waals surface area contributed by atoms with Crippen LogP contribution in [0.15, 0.2) is 10.6 Å². The first kappa shape index (κ1) is 13.4. The van der Waals surface area contributed by atoms with Gasteiger partial charge in [0.05, 0.1) is 6.54 Å². The molecule has 0 spiro atoms. The second-order valence-corrected chi connectivity index (χ2v) is 5.96. The molecule has 0 aliphatic heterocycles. The van der Waals surface area contributed by atoms with E-state index >= 15 is 0 Å². The molecule has 1 saturated carbocycles. The van der Waals surface area contributed by atoms with Crippen LogP contribution in [0.25, 0.3) is 0 Å². The van der Waals surface area contributed by atoms with Crippen molar-refractivity contribution in [3.8, 4) is 0 Å². The molecule has 2 N–H and O–H groups in total. The maximum Gasteiger partial charge on any atom is 0.358 e. The van der Waals surface area contributed by atoms with Gasteiger partial charge in [-0.25, -0.2) is 4.79 Å². The largest absolute Gasteiger partial charge is 0.476 e. The molecule has 5 nitrogen and oxygen atoms in total. The fourth-order valence-electron chi connectivity index (χ4n) is 2.38. The average Bonchev–Trinajstić information content (AvgIpc) is 2.98. The summed E-state index contributed by atoms with van der Waals surface area (Å²) >= 11 is 1.92. The van der Waals surface area contributed by atoms with Gasteiger partial charge in [0, 0.05) is 17.4 Å². The third-order valence-corrected chi connectivity index (χ3v) is 4.89. The van der Waals surface area contributed by atoms with Crippen molar-refractivity contribution in [1.82, 2.24) is 10.5 Å². The zero-order valence-electron chi connectivity index (χ0n) is 10.4. The first-order valence-electron chi connectivity index (χ1n) is 6.10. The van der Waals surface area contributed by atoms with E-state index in [2.05, 4.69) is 16.7 Å². The van der Waals surface area contributed by atoms with Crippen LogP contribution in [0.1, 0.15) is 41.9 Å². The molecule has 2 rings (SSSR count). The Bertz CT molecular complexity index is 413. The summed E-state index contributed by atoms with van der Waals surface area (Å²) in [6, 6.07) is 1.47. The smallest absolute Gasteiger partial charge is 0.358 e. The van der Waals surface area contributed by atoms with Crippen molar-refractivity contribution in [1.29, 1.82) is 0 Å². The van der Waals surface area contributed by atoms with Crippen molar-refractivity contribution in [2.75, 3.05) is 12.8 Å². The van der Waals surface area contributed by atoms with Crippen LogP contribution in [-0.2, 0) is 6.54 Å². The Labute approximate surface area is 110 Å². The van der Waals surface area contributed by atoms with E-state index < -0.39 is 5.97 Å². The number of thioether (sulfide) groups is 1. The molecule has 1 aliphatic rings. The second kappa shape index (κ2) is 5.75. The average molecular weight is 270 g/mol. The van der Waals surface area contributed by atoms with Crippen LogP contribution in [0, 0.1) is 0 Å². The highest BCUT2D eigenvalue weighted by atomic mass is 32.2. The summed E-state index contributed by atoms with van der Waals surface area (Å²) in [6.45, 7) is 1.46. The summed E-state index contributed by atoms with van der Waals surface area (Å²) in [5, 5.41) is 15.6. The molecule has 0 bridgehead atoms. The molecule has 6 heteroatoms. The number of hydrogen-bond donors (Lipinski definition) is 2. The van der Waals surface area contributed by atoms with Gasteiger partial charge in [0.1, 0.15) is 0 Å². The van der Waals surface area contributed by atoms with Crippen molar-refractivity contribution < 1.29 is 14.4 Å². The highest BCUT2D eigenvalue weighted by Gasteiger charge is 2.32. The predicted octanol–water partition coefficient (Wildman–Crippen LogP) is 2.14. The molecular formula is C12H18N2O3S. The summed E-state index contributed by atoms with van der Waals surface area (Å²) in [7, 11) is 0. The van der Waals surface area contributed by atoms with Crippen LogP contribution in [0.5, 0.6) is 0 Å². The molecular weight excluding hydrogens is 252 g/mol. The molecule has 0 atom stereocenters. The molecule has 0 saturated heterocycles. The monoisotopic (exact) mass is 270 g/mol. The van der Waals surface area contributed by atoms with Crippen LogP contribution >= 0.6 is 11.8 Å². The molecule has 1 heterocycles. The highest BCUT2D eigenvalue weighted by Crippen LogP contribution is 2.39. The van der Waals surface area contributed by atoms with E-state index in [1.54, 1.807) is 0 Å². The van der Waals surface area contributed by atoms with Crippen LogP contribution < -0.4 is 5.32 Å². The van der Waals surface area contributed by atoms with E-state index in [9.17, 15) is 4.79 Å². The summed E-state index contributed by atoms with van der Waals surface area (Å²) < 4.78 is 5.30. The summed E-state index contributed by atoms with van der Waals surface area (Å²) in [5.74, 6) is -0.483. The van der Waals surface area contributed by atoms with Crippen LogP contribution in [0.2, 0.25) is 0 Å². The first-order chi connectivity index (χ1) is 8.65. The Morgan fingerprint density at radius 2 is 2.33 bits per heavy atom. The fraction of sp³-hybridized carbons (Fsp3) is 0.667. The minimum atomic E-state index is -1.05. The third kappa shape index (κ3) is 3.05. The van der Waals surface area contributed by atoms with Gasteiger partial charge < -0.3 is 14.9 Å². The number of carboxylic acids is 1. The predicted molar refractivity (Wildman–Crippen MR) is 69.9 cm³/mol. The molecule has 100 valence electrons. The maximum atomic E-state index is 10.6. The van der Waals surface area contributed by atoms with E-state index in [1.807, 2.05) is 11.8 Å². The lowest BCUT2D eigenvalue weighted by atomic mass is 10.1. The second-order valence-electron chi connectivity index (χ2n) is 4.68. The molecule has 0 radical (unpaired) electrons. The Hall–Kier alpha value is -1.01. The van der Waals surface area contributed by atoms with Gasteiger partial charge in [-0.3, -0.25) is 0 Å². The van der Waals surface area contributed by atoms with Gasteiger partial charge >= 0.3 is 5.97 Å². The Kier molecular flexibility index (Phi) is 4.29. The standard InChI is InChI=1S/C12H18N2O3S/c1-18-12(4-2-3-5-12)8-13-7-9-6-10(11(15)16)14-17-9/h6,13H,2-5,7-8H2,1H3,(H,15,16). The van der Waals surface area contributed by atoms with E-state index in [4.69, 9.17) is 9.63 Å². The number of aromatic carboxylic acids is 1. The van der Waals surface area contributed by atoms with Gasteiger partial charge in [-0.05, 0) is 19.1 Å². The number of carboxylic acid groups (broad SMARTS) is 1. The molecule has 1 fully saturated rings. The van der Waals surface area contributed by atoms with Gasteiger partial charge in [0.2, 0.25) is 0 Å². The summed E-state index contributed by atoms with van der Waals surface area (Å²) in [5.41, 5.74) is -0.0350. The quantitative estimate of drug-likeness (QED) is 0.825. The molecule has 1 aliphatic carbocycles. The topological polar surface area (TPSA) is 75.4 Å². The van der Waals surface area contributed by atoms with Crippen molar-refractivity contribution in [3.63, 3.8) is 0 Å². The minimum Gasteiger partial charge on any atom is -0.476 e. The zero-order chi connectivity index (χ0) is 13.0. The number of aromatic nitrogens is 1. The van der Waals surface area contributed by atoms with Crippen molar-refractivity contribution in [2.45, 2.75) is 37.0 Å². The van der Waals surface area contributed by atoms with Crippen LogP contribution in [-0.4, -0.2) is 33.8 Å². The fourth-order valence-corrected chi connectivity index (χ4v) is 3.33. The zero-order valence-corrected chi connectivity index (χ0v) is 11.3. The van der Waals surface area contributed by atoms with Crippen molar-refractivity contribution in [3.05, 3.63) is 17.5 Å². The lowest BCUT2D eigenvalue weighted by Gasteiger charge is -2.26. The van der Waals surface area contributed by atoms with Gasteiger partial charge in [-0.1, -0.05) is 18.0 Å². The first-order valence-corrected chi connectivity index (χ1v) is 7.32. The third-order valence-electron chi connectivity index (χ3n) is 3.47. The van der Waals surface area contributed by atoms with E-state index in [0.717, 1.165) is 6.54 Å². The lowest BCUT2D eigenvalue weighted by molar-refractivity contribution is 0.0685. The van der Waals surface area contributed by atoms with Gasteiger partial charge in [-0.2, -0.15) is 11.8 Å². The summed E-state index contributed by atoms with van der Waals surface area (Å²) in [4.78, 5) is 10.6. The normalized spacial score (nSPS) is 18.1. The maximum absolute atomic E-state index is 10.6. The van der Waals surface area contributed by atoms with Crippen LogP contribution in [0.3, 0.4) is 0 Å². The SMILES string of the molecule is CSC1(CNCc2cc(C(=O)O)no2)CCCC1. The van der Waals surface area contributed by atoms with Gasteiger partial charge in [0.25, 0.3) is 0 Å². The number of rotatable bonds is 6. The molecule has 1 aromatic heterocycles. The number of hydrogen-bond acceptors (Lipinski definition) is 5. The van der Waals surface area contributed by atoms with Crippen LogP contribution in [0.4, 0.5) is 0 Å². The van der Waals surface area contributed by atoms with E-state index in [0.29, 0.717) is 17.1 Å². The molecule has 0 unspecified atom stereocenters. The molecule has 1 aromatic rings. The van der Waals surface area contributed by atoms with Gasteiger partial charge in [0.15, 0.2) is 11.5 Å². The molecule has 0 aromatic carbocycles. The van der Waals surface area contributed by atoms with E-state index in [1.165, 1.54) is 31.7 Å². The summed E-state index contributed by atoms with van der Waals surface area (Å²) in [6.07, 6.45) is 7.25. The number of nitrogens with one attached hydrogen (secondary N) is 1.